The molecule has 4 atom stereocenters. The van der Waals surface area contributed by atoms with Crippen molar-refractivity contribution in [3.8, 4) is 0 Å². The summed E-state index contributed by atoms with van der Waals surface area (Å²) in [7, 11) is -3.80. The molecular weight excluding hydrogens is 348 g/mol. The Labute approximate surface area is 134 Å². The summed E-state index contributed by atoms with van der Waals surface area (Å²) in [5, 5.41) is 19.1. The third-order valence-electron chi connectivity index (χ3n) is 3.54. The second-order valence-corrected chi connectivity index (χ2v) is 8.48. The summed E-state index contributed by atoms with van der Waals surface area (Å²) in [5.74, 6) is -1.81. The van der Waals surface area contributed by atoms with E-state index < -0.39 is 43.6 Å². The highest BCUT2D eigenvalue weighted by Crippen LogP contribution is 2.45. The van der Waals surface area contributed by atoms with Crippen molar-refractivity contribution in [3.63, 3.8) is 0 Å². The number of tetrazole rings is 1. The zero-order valence-electron chi connectivity index (χ0n) is 11.6. The maximum atomic E-state index is 12.2. The van der Waals surface area contributed by atoms with E-state index in [2.05, 4.69) is 20.6 Å². The summed E-state index contributed by atoms with van der Waals surface area (Å²) < 4.78 is 24.3. The number of amides is 1. The van der Waals surface area contributed by atoms with E-state index in [0.717, 1.165) is 18.0 Å². The summed E-state index contributed by atoms with van der Waals surface area (Å²) in [6.07, 6.45) is 2.17. The van der Waals surface area contributed by atoms with Crippen molar-refractivity contribution in [2.24, 2.45) is 5.73 Å². The highest BCUT2D eigenvalue weighted by molar-refractivity contribution is 8.01. The third-order valence-corrected chi connectivity index (χ3v) is 6.42. The second-order valence-electron chi connectivity index (χ2n) is 5.12. The molecule has 13 heteroatoms. The van der Waals surface area contributed by atoms with Crippen LogP contribution in [0.1, 0.15) is 11.1 Å². The molecule has 3 heterocycles. The largest absolute Gasteiger partial charge is 0.480 e. The van der Waals surface area contributed by atoms with Gasteiger partial charge in [-0.1, -0.05) is 5.21 Å². The van der Waals surface area contributed by atoms with Crippen LogP contribution < -0.4 is 5.73 Å². The van der Waals surface area contributed by atoms with Gasteiger partial charge in [0.15, 0.2) is 15.7 Å². The first-order chi connectivity index (χ1) is 10.7. The fraction of sp³-hybridized carbons (Fsp3) is 0.500. The number of hydrogen-bond acceptors (Lipinski definition) is 9. The number of nitrogens with two attached hydrogens (primary N) is 1. The van der Waals surface area contributed by atoms with Crippen LogP contribution in [0.25, 0.3) is 0 Å². The van der Waals surface area contributed by atoms with Gasteiger partial charge in [0.2, 0.25) is 5.91 Å². The number of carbonyl (C=O) groups excluding carboxylic acids is 1. The Morgan fingerprint density at radius 3 is 2.78 bits per heavy atom. The highest BCUT2D eigenvalue weighted by atomic mass is 32.2. The lowest BCUT2D eigenvalue weighted by molar-refractivity contribution is -0.141. The second kappa shape index (κ2) is 5.28. The van der Waals surface area contributed by atoms with Gasteiger partial charge in [-0.2, -0.15) is 5.21 Å². The number of sulfone groups is 1. The van der Waals surface area contributed by atoms with Crippen LogP contribution in [0, 0.1) is 0 Å². The van der Waals surface area contributed by atoms with Crippen LogP contribution >= 0.6 is 11.8 Å². The predicted molar refractivity (Wildman–Crippen MR) is 77.5 cm³/mol. The van der Waals surface area contributed by atoms with E-state index in [1.807, 2.05) is 0 Å². The molecule has 0 bridgehead atoms. The van der Waals surface area contributed by atoms with Gasteiger partial charge in [0, 0.05) is 12.5 Å². The van der Waals surface area contributed by atoms with E-state index in [0.29, 0.717) is 0 Å². The Kier molecular flexibility index (Phi) is 3.65. The van der Waals surface area contributed by atoms with Crippen molar-refractivity contribution in [1.82, 2.24) is 25.5 Å². The number of nitrogens with zero attached hydrogens (tertiary/aromatic N) is 4. The van der Waals surface area contributed by atoms with Crippen molar-refractivity contribution >= 4 is 33.5 Å². The van der Waals surface area contributed by atoms with Crippen LogP contribution in [0.15, 0.2) is 11.8 Å². The number of carbonyl (C=O) groups is 2. The molecule has 0 radical (unpaired) electrons. The summed E-state index contributed by atoms with van der Waals surface area (Å²) in [6.45, 7) is 0. The molecule has 1 saturated heterocycles. The molecule has 3 unspecified atom stereocenters. The highest BCUT2D eigenvalue weighted by Gasteiger charge is 2.52. The zero-order valence-corrected chi connectivity index (χ0v) is 13.3. The Hall–Kier alpha value is -1.99. The average Bonchev–Trinajstić information content (AvgIpc) is 2.98. The van der Waals surface area contributed by atoms with E-state index in [1.165, 1.54) is 11.1 Å². The maximum absolute atomic E-state index is 12.2. The molecule has 0 spiro atoms. The number of aromatic nitrogens is 4. The van der Waals surface area contributed by atoms with E-state index >= 15 is 0 Å². The zero-order chi connectivity index (χ0) is 16.9. The molecule has 1 fully saturated rings. The molecule has 124 valence electrons. The predicted octanol–water partition coefficient (Wildman–Crippen LogP) is -2.14. The van der Waals surface area contributed by atoms with Crippen LogP contribution in [0.2, 0.25) is 0 Å². The molecule has 0 aromatic carbocycles. The number of carboxylic acids is 1. The average molecular weight is 360 g/mol. The summed E-state index contributed by atoms with van der Waals surface area (Å²) >= 11 is 0.913. The molecule has 1 aromatic heterocycles. The number of aliphatic carboxylic acids is 1. The number of rotatable bonds is 4. The first kappa shape index (κ1) is 15.9. The lowest BCUT2D eigenvalue weighted by Gasteiger charge is -2.47. The van der Waals surface area contributed by atoms with Gasteiger partial charge in [-0.05, 0) is 5.57 Å². The summed E-state index contributed by atoms with van der Waals surface area (Å²) in [6, 6.07) is -0.804. The number of carboxylic acid groups (broad SMARTS) is 1. The Bertz CT molecular complexity index is 791. The number of hydrogen-bond donors (Lipinski definition) is 3. The topological polar surface area (TPSA) is 172 Å². The number of aromatic amines is 1. The first-order valence-corrected chi connectivity index (χ1v) is 9.21. The fourth-order valence-corrected chi connectivity index (χ4v) is 5.11. The quantitative estimate of drug-likeness (QED) is 0.503. The van der Waals surface area contributed by atoms with Gasteiger partial charge in [0.25, 0.3) is 0 Å². The van der Waals surface area contributed by atoms with Crippen LogP contribution in [-0.2, 0) is 19.4 Å². The molecule has 4 N–H and O–H groups in total. The molecule has 1 aromatic rings. The number of thioether (sulfide) groups is 1. The van der Waals surface area contributed by atoms with Gasteiger partial charge in [0.05, 0.1) is 0 Å². The van der Waals surface area contributed by atoms with Gasteiger partial charge in [0.1, 0.15) is 21.9 Å². The number of β-lactam (4-membered cyclic amide) rings is 1. The molecule has 3 rings (SSSR count). The fourth-order valence-electron chi connectivity index (χ4n) is 2.52. The summed E-state index contributed by atoms with van der Waals surface area (Å²) in [5.41, 5.74) is 5.64. The molecular formula is C10H12N6O5S2. The van der Waals surface area contributed by atoms with Gasteiger partial charge < -0.3 is 15.7 Å². The molecule has 11 nitrogen and oxygen atoms in total. The first-order valence-electron chi connectivity index (χ1n) is 6.31. The minimum Gasteiger partial charge on any atom is -0.480 e. The van der Waals surface area contributed by atoms with Crippen molar-refractivity contribution < 1.29 is 23.1 Å². The van der Waals surface area contributed by atoms with Crippen molar-refractivity contribution in [2.45, 2.75) is 21.9 Å². The monoisotopic (exact) mass is 360 g/mol. The van der Waals surface area contributed by atoms with Crippen molar-refractivity contribution in [1.29, 1.82) is 0 Å². The Morgan fingerprint density at radius 2 is 2.26 bits per heavy atom. The Morgan fingerprint density at radius 1 is 1.57 bits per heavy atom. The van der Waals surface area contributed by atoms with Crippen molar-refractivity contribution in [2.75, 3.05) is 6.26 Å². The van der Waals surface area contributed by atoms with Gasteiger partial charge in [-0.25, -0.2) is 8.42 Å². The third kappa shape index (κ3) is 2.49. The van der Waals surface area contributed by atoms with Crippen LogP contribution in [0.4, 0.5) is 0 Å². The van der Waals surface area contributed by atoms with Crippen LogP contribution in [0.5, 0.6) is 0 Å². The van der Waals surface area contributed by atoms with Crippen molar-refractivity contribution in [3.05, 3.63) is 17.6 Å². The standard InChI is InChI=1S/C10H12N6O5S2/c1-23(20,21)6(7-12-14-15-13-7)3-2-16-8(17)4(11)9(16)22-5(3)10(18)19/h2,4-6,9H,11H2,1H3,(H,18,19)(H,12,13,14,15)/t4?,5?,6?,9-/m1/s1. The van der Waals surface area contributed by atoms with Crippen LogP contribution in [-0.4, -0.2) is 73.8 Å². The van der Waals surface area contributed by atoms with E-state index in [9.17, 15) is 23.1 Å². The molecule has 2 aliphatic rings. The molecule has 1 amide bonds. The number of nitrogens with one attached hydrogen (secondary N) is 1. The van der Waals surface area contributed by atoms with Crippen LogP contribution in [0.3, 0.4) is 0 Å². The summed E-state index contributed by atoms with van der Waals surface area (Å²) in [4.78, 5) is 24.6. The minimum absolute atomic E-state index is 0.0112. The SMILES string of the molecule is CS(=O)(=O)C(C1=CN2C(=O)C(N)[C@H]2SC1C(=O)O)c1nn[nH]n1. The van der Waals surface area contributed by atoms with E-state index in [4.69, 9.17) is 5.73 Å². The lowest BCUT2D eigenvalue weighted by Crippen LogP contribution is -2.67. The van der Waals surface area contributed by atoms with E-state index in [1.54, 1.807) is 0 Å². The normalized spacial score (nSPS) is 28.6. The van der Waals surface area contributed by atoms with Gasteiger partial charge >= 0.3 is 5.97 Å². The molecule has 0 saturated carbocycles. The Balaban J connectivity index is 2.11. The molecule has 23 heavy (non-hydrogen) atoms. The minimum atomic E-state index is -3.80. The number of H-pyrrole nitrogens is 1. The lowest BCUT2D eigenvalue weighted by atomic mass is 10.0. The maximum Gasteiger partial charge on any atom is 0.321 e. The van der Waals surface area contributed by atoms with Gasteiger partial charge in [-0.15, -0.1) is 22.0 Å². The molecule has 0 aliphatic carbocycles. The van der Waals surface area contributed by atoms with Gasteiger partial charge in [-0.3, -0.25) is 9.59 Å². The molecule has 2 aliphatic heterocycles. The van der Waals surface area contributed by atoms with E-state index in [-0.39, 0.29) is 11.4 Å². The smallest absolute Gasteiger partial charge is 0.321 e. The number of fused-ring (bicyclic) bond motifs is 1.